The van der Waals surface area contributed by atoms with Crippen LogP contribution in [0.25, 0.3) is 0 Å². The Balaban J connectivity index is 2.49. The zero-order valence-corrected chi connectivity index (χ0v) is 11.4. The van der Waals surface area contributed by atoms with Gasteiger partial charge in [0.1, 0.15) is 11.6 Å². The van der Waals surface area contributed by atoms with E-state index in [2.05, 4.69) is 5.32 Å². The third-order valence-electron chi connectivity index (χ3n) is 2.12. The second kappa shape index (κ2) is 7.08. The van der Waals surface area contributed by atoms with Gasteiger partial charge >= 0.3 is 0 Å². The van der Waals surface area contributed by atoms with Crippen LogP contribution >= 0.6 is 12.2 Å². The molecular formula is C13H18N2O2S. The predicted molar refractivity (Wildman–Crippen MR) is 76.6 cm³/mol. The number of amides is 1. The first-order chi connectivity index (χ1) is 8.49. The van der Waals surface area contributed by atoms with Gasteiger partial charge in [0.15, 0.2) is 0 Å². The Morgan fingerprint density at radius 3 is 2.83 bits per heavy atom. The molecule has 0 atom stereocenters. The van der Waals surface area contributed by atoms with Crippen molar-refractivity contribution in [2.75, 3.05) is 18.5 Å². The van der Waals surface area contributed by atoms with Gasteiger partial charge in [0.2, 0.25) is 5.91 Å². The Kier molecular flexibility index (Phi) is 5.74. The molecule has 0 saturated carbocycles. The second-order valence-corrected chi connectivity index (χ2v) is 4.84. The maximum atomic E-state index is 11.6. The van der Waals surface area contributed by atoms with Gasteiger partial charge in [0.05, 0.1) is 0 Å². The van der Waals surface area contributed by atoms with E-state index in [4.69, 9.17) is 22.7 Å². The number of hydrogen-bond donors (Lipinski definition) is 2. The zero-order valence-electron chi connectivity index (χ0n) is 10.6. The summed E-state index contributed by atoms with van der Waals surface area (Å²) in [6, 6.07) is 7.11. The molecular weight excluding hydrogens is 248 g/mol. The van der Waals surface area contributed by atoms with Crippen molar-refractivity contribution in [2.24, 2.45) is 11.7 Å². The molecule has 0 unspecified atom stereocenters. The molecule has 0 aliphatic heterocycles. The standard InChI is InChI=1S/C13H18N2O2S/c1-9(2)7-17-8-12(16)15-11-5-3-4-10(6-11)13(14)18/h3-6,9H,7-8H2,1-2H3,(H2,14,18)(H,15,16). The molecule has 0 aliphatic rings. The van der Waals surface area contributed by atoms with E-state index in [1.54, 1.807) is 24.3 Å². The molecule has 0 aliphatic carbocycles. The molecule has 0 fully saturated rings. The average Bonchev–Trinajstić information content (AvgIpc) is 2.28. The maximum absolute atomic E-state index is 11.6. The van der Waals surface area contributed by atoms with Crippen LogP contribution in [-0.2, 0) is 9.53 Å². The lowest BCUT2D eigenvalue weighted by Crippen LogP contribution is -2.20. The van der Waals surface area contributed by atoms with E-state index < -0.39 is 0 Å². The van der Waals surface area contributed by atoms with Crippen LogP contribution in [0.2, 0.25) is 0 Å². The first kappa shape index (κ1) is 14.6. The number of nitrogens with two attached hydrogens (primary N) is 1. The van der Waals surface area contributed by atoms with Crippen LogP contribution in [0.1, 0.15) is 19.4 Å². The number of carbonyl (C=O) groups is 1. The van der Waals surface area contributed by atoms with Crippen LogP contribution in [0.4, 0.5) is 5.69 Å². The maximum Gasteiger partial charge on any atom is 0.250 e. The van der Waals surface area contributed by atoms with E-state index in [1.165, 1.54) is 0 Å². The number of nitrogens with one attached hydrogen (secondary N) is 1. The summed E-state index contributed by atoms with van der Waals surface area (Å²) < 4.78 is 5.24. The van der Waals surface area contributed by atoms with Gasteiger partial charge in [-0.2, -0.15) is 0 Å². The Morgan fingerprint density at radius 1 is 1.50 bits per heavy atom. The molecule has 0 saturated heterocycles. The van der Waals surface area contributed by atoms with E-state index in [9.17, 15) is 4.79 Å². The summed E-state index contributed by atoms with van der Waals surface area (Å²) in [4.78, 5) is 11.9. The molecule has 1 amide bonds. The van der Waals surface area contributed by atoms with Gasteiger partial charge in [0.25, 0.3) is 0 Å². The number of benzene rings is 1. The lowest BCUT2D eigenvalue weighted by molar-refractivity contribution is -0.120. The van der Waals surface area contributed by atoms with Crippen LogP contribution in [0.3, 0.4) is 0 Å². The Hall–Kier alpha value is -1.46. The van der Waals surface area contributed by atoms with Crippen LogP contribution in [0, 0.1) is 5.92 Å². The lowest BCUT2D eigenvalue weighted by atomic mass is 10.2. The van der Waals surface area contributed by atoms with E-state index >= 15 is 0 Å². The van der Waals surface area contributed by atoms with Gasteiger partial charge in [-0.1, -0.05) is 38.2 Å². The minimum absolute atomic E-state index is 0.0511. The normalized spacial score (nSPS) is 10.4. The summed E-state index contributed by atoms with van der Waals surface area (Å²) in [5, 5.41) is 2.73. The molecule has 0 aromatic heterocycles. The van der Waals surface area contributed by atoms with Crippen LogP contribution in [-0.4, -0.2) is 24.1 Å². The van der Waals surface area contributed by atoms with Gasteiger partial charge in [-0.3, -0.25) is 4.79 Å². The van der Waals surface area contributed by atoms with Crippen LogP contribution < -0.4 is 11.1 Å². The number of thiocarbonyl (C=S) groups is 1. The molecule has 0 radical (unpaired) electrons. The molecule has 5 heteroatoms. The van der Waals surface area contributed by atoms with Crippen molar-refractivity contribution >= 4 is 28.8 Å². The summed E-state index contributed by atoms with van der Waals surface area (Å²) in [5.74, 6) is 0.228. The SMILES string of the molecule is CC(C)COCC(=O)Nc1cccc(C(N)=S)c1. The van der Waals surface area contributed by atoms with Gasteiger partial charge in [-0.05, 0) is 18.1 Å². The fourth-order valence-corrected chi connectivity index (χ4v) is 1.46. The van der Waals surface area contributed by atoms with Crippen molar-refractivity contribution in [2.45, 2.75) is 13.8 Å². The first-order valence-corrected chi connectivity index (χ1v) is 6.17. The largest absolute Gasteiger partial charge is 0.389 e. The Labute approximate surface area is 113 Å². The predicted octanol–water partition coefficient (Wildman–Crippen LogP) is 1.93. The highest BCUT2D eigenvalue weighted by Crippen LogP contribution is 2.10. The topological polar surface area (TPSA) is 64.3 Å². The highest BCUT2D eigenvalue weighted by Gasteiger charge is 2.04. The summed E-state index contributed by atoms with van der Waals surface area (Å²) in [6.07, 6.45) is 0. The zero-order chi connectivity index (χ0) is 13.5. The lowest BCUT2D eigenvalue weighted by Gasteiger charge is -2.08. The molecule has 0 heterocycles. The van der Waals surface area contributed by atoms with E-state index in [1.807, 2.05) is 13.8 Å². The Morgan fingerprint density at radius 2 is 2.22 bits per heavy atom. The monoisotopic (exact) mass is 266 g/mol. The van der Waals surface area contributed by atoms with Crippen molar-refractivity contribution in [3.05, 3.63) is 29.8 Å². The highest BCUT2D eigenvalue weighted by molar-refractivity contribution is 7.80. The van der Waals surface area contributed by atoms with E-state index in [0.29, 0.717) is 23.2 Å². The number of hydrogen-bond acceptors (Lipinski definition) is 3. The molecule has 1 aromatic rings. The van der Waals surface area contributed by atoms with E-state index in [0.717, 1.165) is 5.56 Å². The van der Waals surface area contributed by atoms with Crippen molar-refractivity contribution in [1.29, 1.82) is 0 Å². The van der Waals surface area contributed by atoms with Gasteiger partial charge < -0.3 is 15.8 Å². The molecule has 1 rings (SSSR count). The summed E-state index contributed by atoms with van der Waals surface area (Å²) in [5.41, 5.74) is 6.91. The minimum Gasteiger partial charge on any atom is -0.389 e. The molecule has 3 N–H and O–H groups in total. The molecule has 1 aromatic carbocycles. The molecule has 4 nitrogen and oxygen atoms in total. The molecule has 18 heavy (non-hydrogen) atoms. The minimum atomic E-state index is -0.185. The third kappa shape index (κ3) is 5.25. The van der Waals surface area contributed by atoms with Gasteiger partial charge in [-0.25, -0.2) is 0 Å². The van der Waals surface area contributed by atoms with Crippen LogP contribution in [0.5, 0.6) is 0 Å². The van der Waals surface area contributed by atoms with Gasteiger partial charge in [-0.15, -0.1) is 0 Å². The fourth-order valence-electron chi connectivity index (χ4n) is 1.33. The summed E-state index contributed by atoms with van der Waals surface area (Å²) in [6.45, 7) is 4.68. The summed E-state index contributed by atoms with van der Waals surface area (Å²) >= 11 is 4.87. The first-order valence-electron chi connectivity index (χ1n) is 5.76. The Bertz CT molecular complexity index is 433. The van der Waals surface area contributed by atoms with E-state index in [-0.39, 0.29) is 12.5 Å². The summed E-state index contributed by atoms with van der Waals surface area (Å²) in [7, 11) is 0. The highest BCUT2D eigenvalue weighted by atomic mass is 32.1. The quantitative estimate of drug-likeness (QED) is 0.772. The van der Waals surface area contributed by atoms with Crippen molar-refractivity contribution in [1.82, 2.24) is 0 Å². The number of carbonyl (C=O) groups excluding carboxylic acids is 1. The van der Waals surface area contributed by atoms with Crippen molar-refractivity contribution < 1.29 is 9.53 Å². The van der Waals surface area contributed by atoms with Gasteiger partial charge in [0, 0.05) is 17.9 Å². The van der Waals surface area contributed by atoms with Crippen molar-refractivity contribution in [3.8, 4) is 0 Å². The smallest absolute Gasteiger partial charge is 0.250 e. The average molecular weight is 266 g/mol. The molecule has 0 bridgehead atoms. The molecule has 98 valence electrons. The second-order valence-electron chi connectivity index (χ2n) is 4.40. The number of rotatable bonds is 6. The van der Waals surface area contributed by atoms with Crippen LogP contribution in [0.15, 0.2) is 24.3 Å². The molecule has 0 spiro atoms. The number of anilines is 1. The third-order valence-corrected chi connectivity index (χ3v) is 2.35. The fraction of sp³-hybridized carbons (Fsp3) is 0.385. The number of ether oxygens (including phenoxy) is 1. The van der Waals surface area contributed by atoms with Crippen molar-refractivity contribution in [3.63, 3.8) is 0 Å².